The zero-order valence-corrected chi connectivity index (χ0v) is 24.4. The number of hydrogen-bond acceptors (Lipinski definition) is 0. The molecule has 0 aliphatic heterocycles. The molecule has 0 aromatic heterocycles. The first-order chi connectivity index (χ1) is 21.1. The van der Waals surface area contributed by atoms with Gasteiger partial charge in [0.15, 0.2) is 0 Å². The summed E-state index contributed by atoms with van der Waals surface area (Å²) in [6.45, 7) is 4.83. The van der Waals surface area contributed by atoms with Gasteiger partial charge in [0, 0.05) is 5.41 Å². The summed E-state index contributed by atoms with van der Waals surface area (Å²) in [6.07, 6.45) is 0. The van der Waals surface area contributed by atoms with E-state index in [4.69, 9.17) is 0 Å². The van der Waals surface area contributed by atoms with E-state index in [9.17, 15) is 0 Å². The first-order valence-electron chi connectivity index (χ1n) is 15.2. The molecule has 9 rings (SSSR count). The van der Waals surface area contributed by atoms with E-state index < -0.39 is 0 Å². The highest BCUT2D eigenvalue weighted by molar-refractivity contribution is 6.25. The standard InChI is InChI=1S/C43H30/c1-43(2)37-26-14-25-36(40(37)41-30-19-8-6-17-28(30)29-18-7-13-24-35(29)42(41)43)39-33-22-11-9-20-31(33)38(27-15-4-3-5-16-27)32-21-10-12-23-34(32)39/h3-26H,1-2H3. The molecule has 202 valence electrons. The van der Waals surface area contributed by atoms with Gasteiger partial charge in [-0.15, -0.1) is 0 Å². The van der Waals surface area contributed by atoms with Crippen molar-refractivity contribution in [1.82, 2.24) is 0 Å². The first kappa shape index (κ1) is 24.4. The van der Waals surface area contributed by atoms with Gasteiger partial charge in [0.05, 0.1) is 0 Å². The lowest BCUT2D eigenvalue weighted by molar-refractivity contribution is 0.666. The summed E-state index contributed by atoms with van der Waals surface area (Å²) in [6, 6.07) is 53.9. The lowest BCUT2D eigenvalue weighted by atomic mass is 9.79. The predicted molar refractivity (Wildman–Crippen MR) is 185 cm³/mol. The van der Waals surface area contributed by atoms with E-state index in [1.165, 1.54) is 87.6 Å². The highest BCUT2D eigenvalue weighted by Crippen LogP contribution is 2.58. The summed E-state index contributed by atoms with van der Waals surface area (Å²) >= 11 is 0. The summed E-state index contributed by atoms with van der Waals surface area (Å²) in [7, 11) is 0. The fourth-order valence-corrected chi connectivity index (χ4v) is 8.07. The van der Waals surface area contributed by atoms with Gasteiger partial charge in [-0.05, 0) is 87.6 Å². The van der Waals surface area contributed by atoms with Gasteiger partial charge in [0.25, 0.3) is 0 Å². The second-order valence-corrected chi connectivity index (χ2v) is 12.4. The van der Waals surface area contributed by atoms with Crippen LogP contribution in [0.2, 0.25) is 0 Å². The molecular formula is C43H30. The number of benzene rings is 8. The number of rotatable bonds is 2. The summed E-state index contributed by atoms with van der Waals surface area (Å²) in [4.78, 5) is 0. The van der Waals surface area contributed by atoms with Gasteiger partial charge in [-0.25, -0.2) is 0 Å². The van der Waals surface area contributed by atoms with Gasteiger partial charge in [-0.1, -0.05) is 159 Å². The Bertz CT molecular complexity index is 2350. The van der Waals surface area contributed by atoms with E-state index >= 15 is 0 Å². The number of fused-ring (bicyclic) bond motifs is 10. The Morgan fingerprint density at radius 2 is 0.767 bits per heavy atom. The molecule has 1 aliphatic carbocycles. The van der Waals surface area contributed by atoms with Crippen LogP contribution in [0.5, 0.6) is 0 Å². The van der Waals surface area contributed by atoms with Crippen molar-refractivity contribution in [3.05, 3.63) is 157 Å². The van der Waals surface area contributed by atoms with Gasteiger partial charge >= 0.3 is 0 Å². The maximum absolute atomic E-state index is 2.41. The third-order valence-electron chi connectivity index (χ3n) is 9.81. The Morgan fingerprint density at radius 1 is 0.326 bits per heavy atom. The van der Waals surface area contributed by atoms with Crippen LogP contribution >= 0.6 is 0 Å². The molecule has 0 atom stereocenters. The zero-order valence-electron chi connectivity index (χ0n) is 24.4. The highest BCUT2D eigenvalue weighted by Gasteiger charge is 2.40. The van der Waals surface area contributed by atoms with Crippen LogP contribution in [0.4, 0.5) is 0 Å². The zero-order chi connectivity index (χ0) is 28.7. The molecule has 0 bridgehead atoms. The summed E-state index contributed by atoms with van der Waals surface area (Å²) < 4.78 is 0. The minimum absolute atomic E-state index is 0.139. The Labute approximate surface area is 251 Å². The lowest BCUT2D eigenvalue weighted by Gasteiger charge is -2.24. The largest absolute Gasteiger partial charge is 0.0622 e. The summed E-state index contributed by atoms with van der Waals surface area (Å²) in [5, 5.41) is 10.5. The van der Waals surface area contributed by atoms with Crippen molar-refractivity contribution in [2.75, 3.05) is 0 Å². The third kappa shape index (κ3) is 3.27. The summed E-state index contributed by atoms with van der Waals surface area (Å²) in [5.41, 5.74) is 10.7. The normalized spacial score (nSPS) is 13.5. The van der Waals surface area contributed by atoms with Crippen LogP contribution in [0, 0.1) is 0 Å². The quantitative estimate of drug-likeness (QED) is 0.149. The molecule has 1 aliphatic rings. The third-order valence-corrected chi connectivity index (χ3v) is 9.81. The average molecular weight is 547 g/mol. The van der Waals surface area contributed by atoms with Gasteiger partial charge in [-0.2, -0.15) is 0 Å². The maximum Gasteiger partial charge on any atom is 0.0165 e. The second kappa shape index (κ2) is 8.90. The van der Waals surface area contributed by atoms with Crippen LogP contribution in [-0.4, -0.2) is 0 Å². The fraction of sp³-hybridized carbons (Fsp3) is 0.0698. The highest BCUT2D eigenvalue weighted by atomic mass is 14.4. The number of hydrogen-bond donors (Lipinski definition) is 0. The minimum Gasteiger partial charge on any atom is -0.0622 e. The molecule has 0 nitrogen and oxygen atoms in total. The Morgan fingerprint density at radius 3 is 1.35 bits per heavy atom. The molecule has 0 spiro atoms. The molecule has 0 heterocycles. The maximum atomic E-state index is 2.41. The monoisotopic (exact) mass is 546 g/mol. The van der Waals surface area contributed by atoms with Crippen LogP contribution in [0.15, 0.2) is 146 Å². The molecule has 0 saturated carbocycles. The van der Waals surface area contributed by atoms with Crippen molar-refractivity contribution in [2.24, 2.45) is 0 Å². The van der Waals surface area contributed by atoms with Crippen LogP contribution < -0.4 is 0 Å². The molecule has 0 N–H and O–H groups in total. The molecule has 8 aromatic rings. The van der Waals surface area contributed by atoms with Crippen molar-refractivity contribution in [3.8, 4) is 33.4 Å². The van der Waals surface area contributed by atoms with E-state index in [1.54, 1.807) is 0 Å². The topological polar surface area (TPSA) is 0 Å². The Balaban J connectivity index is 1.49. The first-order valence-corrected chi connectivity index (χ1v) is 15.2. The second-order valence-electron chi connectivity index (χ2n) is 12.4. The van der Waals surface area contributed by atoms with E-state index in [2.05, 4.69) is 159 Å². The molecule has 0 unspecified atom stereocenters. The minimum atomic E-state index is -0.139. The van der Waals surface area contributed by atoms with Gasteiger partial charge in [0.2, 0.25) is 0 Å². The molecule has 43 heavy (non-hydrogen) atoms. The van der Waals surface area contributed by atoms with Crippen molar-refractivity contribution >= 4 is 43.1 Å². The van der Waals surface area contributed by atoms with Crippen LogP contribution in [0.25, 0.3) is 76.5 Å². The van der Waals surface area contributed by atoms with Gasteiger partial charge in [0.1, 0.15) is 0 Å². The van der Waals surface area contributed by atoms with Gasteiger partial charge in [-0.3, -0.25) is 0 Å². The molecule has 0 heteroatoms. The average Bonchev–Trinajstić information content (AvgIpc) is 3.31. The molecule has 0 fully saturated rings. The van der Waals surface area contributed by atoms with Gasteiger partial charge < -0.3 is 0 Å². The molecule has 0 radical (unpaired) electrons. The lowest BCUT2D eigenvalue weighted by Crippen LogP contribution is -2.15. The van der Waals surface area contributed by atoms with E-state index in [0.29, 0.717) is 0 Å². The fourth-order valence-electron chi connectivity index (χ4n) is 8.07. The molecule has 0 saturated heterocycles. The van der Waals surface area contributed by atoms with Crippen LogP contribution in [-0.2, 0) is 5.41 Å². The Hall–Kier alpha value is -5.20. The molecular weight excluding hydrogens is 516 g/mol. The van der Waals surface area contributed by atoms with Crippen LogP contribution in [0.1, 0.15) is 25.0 Å². The molecule has 8 aromatic carbocycles. The van der Waals surface area contributed by atoms with E-state index in [-0.39, 0.29) is 5.41 Å². The Kier molecular flexibility index (Phi) is 5.05. The van der Waals surface area contributed by atoms with Crippen LogP contribution in [0.3, 0.4) is 0 Å². The summed E-state index contributed by atoms with van der Waals surface area (Å²) in [5.74, 6) is 0. The van der Waals surface area contributed by atoms with Crippen molar-refractivity contribution < 1.29 is 0 Å². The van der Waals surface area contributed by atoms with Crippen molar-refractivity contribution in [1.29, 1.82) is 0 Å². The van der Waals surface area contributed by atoms with E-state index in [0.717, 1.165) is 0 Å². The molecule has 0 amide bonds. The van der Waals surface area contributed by atoms with Crippen molar-refractivity contribution in [3.63, 3.8) is 0 Å². The smallest absolute Gasteiger partial charge is 0.0165 e. The van der Waals surface area contributed by atoms with Crippen molar-refractivity contribution in [2.45, 2.75) is 19.3 Å². The van der Waals surface area contributed by atoms with E-state index in [1.807, 2.05) is 0 Å². The SMILES string of the molecule is CC1(C)c2cccc(-c3c4ccccc4c(-c4ccccc4)c4ccccc34)c2-c2c1c1ccccc1c1ccccc21. The predicted octanol–water partition coefficient (Wildman–Crippen LogP) is 11.9.